The number of nitrogens with one attached hydrogen (secondary N) is 1. The monoisotopic (exact) mass is 530 g/mol. The van der Waals surface area contributed by atoms with Crippen LogP contribution in [0.5, 0.6) is 5.75 Å². The molecular weight excluding hydrogens is 500 g/mol. The van der Waals surface area contributed by atoms with Gasteiger partial charge in [-0.25, -0.2) is 34.6 Å². The topological polar surface area (TPSA) is 136 Å². The molecule has 4 amide bonds. The Morgan fingerprint density at radius 2 is 1.66 bits per heavy atom. The molecule has 0 aromatic heterocycles. The van der Waals surface area contributed by atoms with Crippen LogP contribution in [0.2, 0.25) is 0 Å². The summed E-state index contributed by atoms with van der Waals surface area (Å²) in [4.78, 5) is 52.4. The number of nitrogens with zero attached hydrogens (tertiary/aromatic N) is 3. The predicted octanol–water partition coefficient (Wildman–Crippen LogP) is 3.90. The lowest BCUT2D eigenvalue weighted by Crippen LogP contribution is -2.73. The van der Waals surface area contributed by atoms with Crippen LogP contribution in [0.4, 0.5) is 24.9 Å². The fraction of sp³-hybridized carbons (Fsp3) is 0.440. The second-order valence-electron chi connectivity index (χ2n) is 8.74. The van der Waals surface area contributed by atoms with Gasteiger partial charge in [0.25, 0.3) is 0 Å². The Balaban J connectivity index is 2.14. The van der Waals surface area contributed by atoms with Crippen molar-refractivity contribution in [3.63, 3.8) is 0 Å². The lowest BCUT2D eigenvalue weighted by Gasteiger charge is -2.58. The molecule has 2 aromatic rings. The number of anilines is 1. The van der Waals surface area contributed by atoms with Gasteiger partial charge >= 0.3 is 24.4 Å². The Bertz CT molecular complexity index is 1270. The molecule has 2 atom stereocenters. The third-order valence-electron chi connectivity index (χ3n) is 7.08. The number of rotatable bonds is 2. The van der Waals surface area contributed by atoms with Crippen molar-refractivity contribution in [1.29, 1.82) is 0 Å². The van der Waals surface area contributed by atoms with E-state index in [1.165, 1.54) is 28.4 Å². The zero-order valence-corrected chi connectivity index (χ0v) is 21.8. The Labute approximate surface area is 219 Å². The fourth-order valence-electron chi connectivity index (χ4n) is 5.51. The maximum Gasteiger partial charge on any atom is 0.433 e. The standard InChI is InChI=1S/C25H30N4O9/c1-34-16-10-11-17-15(14-16)9-12-18-20(17)28(23(32)37-4)27(22(31)36-3)19-8-6-7-13-25(18,19)29(24(33)38-5)26-21(30)35-2/h9-12,14,19H,6-8,13H2,1-5H3,(H,26,30)/t19-,25-/m0/s1. The third-order valence-corrected chi connectivity index (χ3v) is 7.08. The van der Waals surface area contributed by atoms with E-state index in [2.05, 4.69) is 5.43 Å². The zero-order chi connectivity index (χ0) is 27.6. The normalized spacial score (nSPS) is 20.0. The first-order chi connectivity index (χ1) is 18.3. The fourth-order valence-corrected chi connectivity index (χ4v) is 5.51. The predicted molar refractivity (Wildman–Crippen MR) is 133 cm³/mol. The number of hydrogen-bond donors (Lipinski definition) is 1. The lowest BCUT2D eigenvalue weighted by molar-refractivity contribution is -0.0573. The number of carbonyl (C=O) groups is 4. The first-order valence-electron chi connectivity index (χ1n) is 11.9. The second kappa shape index (κ2) is 10.5. The lowest BCUT2D eigenvalue weighted by atomic mass is 9.69. The van der Waals surface area contributed by atoms with Crippen molar-refractivity contribution in [1.82, 2.24) is 15.4 Å². The molecule has 1 saturated carbocycles. The van der Waals surface area contributed by atoms with Crippen LogP contribution in [0, 0.1) is 0 Å². The minimum atomic E-state index is -1.37. The Morgan fingerprint density at radius 1 is 0.921 bits per heavy atom. The quantitative estimate of drug-likeness (QED) is 0.453. The molecule has 204 valence electrons. The minimum absolute atomic E-state index is 0.279. The Kier molecular flexibility index (Phi) is 7.37. The van der Waals surface area contributed by atoms with Gasteiger partial charge in [0, 0.05) is 10.9 Å². The molecule has 0 bridgehead atoms. The number of methoxy groups -OCH3 is 5. The molecule has 1 aliphatic carbocycles. The number of benzene rings is 2. The van der Waals surface area contributed by atoms with E-state index in [0.717, 1.165) is 22.1 Å². The van der Waals surface area contributed by atoms with Gasteiger partial charge in [-0.3, -0.25) is 0 Å². The van der Waals surface area contributed by atoms with Gasteiger partial charge < -0.3 is 23.7 Å². The van der Waals surface area contributed by atoms with Crippen LogP contribution in [0.1, 0.15) is 31.2 Å². The van der Waals surface area contributed by atoms with E-state index < -0.39 is 36.0 Å². The number of carbonyl (C=O) groups excluding carboxylic acids is 4. The van der Waals surface area contributed by atoms with E-state index in [1.807, 2.05) is 6.07 Å². The number of fused-ring (bicyclic) bond motifs is 5. The summed E-state index contributed by atoms with van der Waals surface area (Å²) in [6, 6.07) is 7.95. The first kappa shape index (κ1) is 26.6. The zero-order valence-electron chi connectivity index (χ0n) is 21.8. The van der Waals surface area contributed by atoms with Crippen molar-refractivity contribution in [3.05, 3.63) is 35.9 Å². The van der Waals surface area contributed by atoms with E-state index in [1.54, 1.807) is 24.3 Å². The number of amides is 4. The molecule has 13 nitrogen and oxygen atoms in total. The highest BCUT2D eigenvalue weighted by atomic mass is 16.6. The van der Waals surface area contributed by atoms with Crippen LogP contribution >= 0.6 is 0 Å². The van der Waals surface area contributed by atoms with E-state index in [-0.39, 0.29) is 5.69 Å². The summed E-state index contributed by atoms with van der Waals surface area (Å²) in [6.45, 7) is 0. The molecule has 1 N–H and O–H groups in total. The molecule has 1 fully saturated rings. The molecular formula is C25H30N4O9. The SMILES string of the molecule is COC(=O)NN(C(=O)OC)[C@]12CCCC[C@@H]1N(C(=O)OC)N(C(=O)OC)c1c2ccc2cc(OC)ccc12. The van der Waals surface area contributed by atoms with Crippen molar-refractivity contribution < 1.29 is 42.9 Å². The largest absolute Gasteiger partial charge is 0.497 e. The Morgan fingerprint density at radius 3 is 2.29 bits per heavy atom. The van der Waals surface area contributed by atoms with Crippen LogP contribution in [0.25, 0.3) is 10.8 Å². The number of ether oxygens (including phenoxy) is 5. The van der Waals surface area contributed by atoms with Crippen LogP contribution in [0.3, 0.4) is 0 Å². The summed E-state index contributed by atoms with van der Waals surface area (Å²) >= 11 is 0. The van der Waals surface area contributed by atoms with Gasteiger partial charge in [0.15, 0.2) is 0 Å². The summed E-state index contributed by atoms with van der Waals surface area (Å²) in [5.74, 6) is 0.580. The third kappa shape index (κ3) is 4.03. The maximum atomic E-state index is 13.4. The van der Waals surface area contributed by atoms with E-state index in [0.29, 0.717) is 47.8 Å². The summed E-state index contributed by atoms with van der Waals surface area (Å²) in [7, 11) is 6.27. The van der Waals surface area contributed by atoms with Gasteiger partial charge in [0.05, 0.1) is 47.3 Å². The van der Waals surface area contributed by atoms with Gasteiger partial charge in [-0.2, -0.15) is 5.01 Å². The Hall–Kier alpha value is -4.42. The highest BCUT2D eigenvalue weighted by Crippen LogP contribution is 2.54. The van der Waals surface area contributed by atoms with Gasteiger partial charge in [0.2, 0.25) is 0 Å². The molecule has 0 radical (unpaired) electrons. The maximum absolute atomic E-state index is 13.4. The number of hydrogen-bond acceptors (Lipinski definition) is 9. The smallest absolute Gasteiger partial charge is 0.433 e. The van der Waals surface area contributed by atoms with Gasteiger partial charge in [-0.15, -0.1) is 0 Å². The van der Waals surface area contributed by atoms with Crippen LogP contribution in [0.15, 0.2) is 30.3 Å². The van der Waals surface area contributed by atoms with Crippen molar-refractivity contribution in [2.75, 3.05) is 40.6 Å². The first-order valence-corrected chi connectivity index (χ1v) is 11.9. The molecule has 0 saturated heterocycles. The molecule has 38 heavy (non-hydrogen) atoms. The molecule has 4 rings (SSSR count). The van der Waals surface area contributed by atoms with Crippen molar-refractivity contribution in [3.8, 4) is 5.75 Å². The molecule has 1 aliphatic heterocycles. The van der Waals surface area contributed by atoms with E-state index >= 15 is 0 Å². The summed E-state index contributed by atoms with van der Waals surface area (Å²) in [6.07, 6.45) is -1.52. The summed E-state index contributed by atoms with van der Waals surface area (Å²) in [5, 5.41) is 4.57. The van der Waals surface area contributed by atoms with Crippen LogP contribution < -0.4 is 15.2 Å². The van der Waals surface area contributed by atoms with Crippen molar-refractivity contribution >= 4 is 40.8 Å². The number of hydrazine groups is 2. The van der Waals surface area contributed by atoms with Crippen LogP contribution in [-0.4, -0.2) is 76.0 Å². The summed E-state index contributed by atoms with van der Waals surface area (Å²) in [5.41, 5.74) is 1.88. The average molecular weight is 531 g/mol. The highest BCUT2D eigenvalue weighted by molar-refractivity contribution is 6.05. The van der Waals surface area contributed by atoms with E-state index in [4.69, 9.17) is 23.7 Å². The molecule has 2 aliphatic rings. The minimum Gasteiger partial charge on any atom is -0.497 e. The molecule has 0 spiro atoms. The second-order valence-corrected chi connectivity index (χ2v) is 8.74. The average Bonchev–Trinajstić information content (AvgIpc) is 2.96. The molecule has 13 heteroatoms. The van der Waals surface area contributed by atoms with Crippen molar-refractivity contribution in [2.24, 2.45) is 0 Å². The summed E-state index contributed by atoms with van der Waals surface area (Å²) < 4.78 is 25.4. The van der Waals surface area contributed by atoms with Gasteiger partial charge in [0.1, 0.15) is 11.3 Å². The molecule has 1 heterocycles. The molecule has 2 aromatic carbocycles. The van der Waals surface area contributed by atoms with E-state index in [9.17, 15) is 19.2 Å². The highest BCUT2D eigenvalue weighted by Gasteiger charge is 2.61. The van der Waals surface area contributed by atoms with Gasteiger partial charge in [-0.05, 0) is 36.4 Å². The molecule has 0 unspecified atom stereocenters. The van der Waals surface area contributed by atoms with Gasteiger partial charge in [-0.1, -0.05) is 25.0 Å². The van der Waals surface area contributed by atoms with Crippen molar-refractivity contribution in [2.45, 2.75) is 37.3 Å². The van der Waals surface area contributed by atoms with Crippen LogP contribution in [-0.2, 0) is 24.5 Å².